The van der Waals surface area contributed by atoms with Crippen molar-refractivity contribution < 1.29 is 0 Å². The van der Waals surface area contributed by atoms with Gasteiger partial charge in [-0.3, -0.25) is 11.3 Å². The number of nitrogens with zero attached hydrogens (tertiary/aromatic N) is 3. The van der Waals surface area contributed by atoms with Crippen LogP contribution in [0.15, 0.2) is 6.33 Å². The molecule has 0 radical (unpaired) electrons. The van der Waals surface area contributed by atoms with E-state index in [9.17, 15) is 0 Å². The van der Waals surface area contributed by atoms with Crippen molar-refractivity contribution in [2.45, 2.75) is 65.5 Å². The van der Waals surface area contributed by atoms with E-state index in [2.05, 4.69) is 36.3 Å². The summed E-state index contributed by atoms with van der Waals surface area (Å²) in [5.41, 5.74) is 3.32. The number of nitrogens with one attached hydrogen (secondary N) is 1. The molecule has 1 unspecified atom stereocenters. The van der Waals surface area contributed by atoms with Crippen LogP contribution in [-0.2, 0) is 13.0 Å². The zero-order chi connectivity index (χ0) is 13.9. The lowest BCUT2D eigenvalue weighted by molar-refractivity contribution is 0.216. The predicted octanol–water partition coefficient (Wildman–Crippen LogP) is 1.89. The molecule has 3 N–H and O–H groups in total. The normalized spacial score (nSPS) is 20.1. The molecule has 1 fully saturated rings. The molecule has 1 saturated carbocycles. The molecule has 2 rings (SSSR count). The molecule has 0 saturated heterocycles. The minimum absolute atomic E-state index is 0.283. The van der Waals surface area contributed by atoms with Crippen LogP contribution in [0.4, 0.5) is 0 Å². The first-order chi connectivity index (χ1) is 9.05. The van der Waals surface area contributed by atoms with Crippen molar-refractivity contribution in [1.29, 1.82) is 0 Å². The molecule has 1 aromatic rings. The molecular formula is C14H27N5. The highest BCUT2D eigenvalue weighted by Crippen LogP contribution is 2.41. The van der Waals surface area contributed by atoms with Crippen LogP contribution < -0.4 is 11.3 Å². The Morgan fingerprint density at radius 3 is 2.68 bits per heavy atom. The molecule has 108 valence electrons. The van der Waals surface area contributed by atoms with Crippen molar-refractivity contribution in [3.63, 3.8) is 0 Å². The summed E-state index contributed by atoms with van der Waals surface area (Å²) >= 11 is 0. The Balaban J connectivity index is 2.08. The summed E-state index contributed by atoms with van der Waals surface area (Å²) < 4.78 is 2.02. The van der Waals surface area contributed by atoms with E-state index in [0.717, 1.165) is 18.8 Å². The highest BCUT2D eigenvalue weighted by molar-refractivity contribution is 4.98. The SMILES string of the molecule is CC(C)Cn1ncnc1CC(NN)C1(C)CCCC1. The smallest absolute Gasteiger partial charge is 0.138 e. The maximum absolute atomic E-state index is 5.80. The van der Waals surface area contributed by atoms with Gasteiger partial charge in [-0.15, -0.1) is 0 Å². The third-order valence-electron chi connectivity index (χ3n) is 4.41. The Morgan fingerprint density at radius 2 is 2.11 bits per heavy atom. The average Bonchev–Trinajstić information content (AvgIpc) is 2.96. The molecule has 0 aliphatic heterocycles. The predicted molar refractivity (Wildman–Crippen MR) is 76.3 cm³/mol. The second kappa shape index (κ2) is 6.01. The Morgan fingerprint density at radius 1 is 1.42 bits per heavy atom. The Bertz CT molecular complexity index is 392. The van der Waals surface area contributed by atoms with Gasteiger partial charge in [-0.25, -0.2) is 9.67 Å². The highest BCUT2D eigenvalue weighted by atomic mass is 15.3. The molecule has 1 aromatic heterocycles. The minimum atomic E-state index is 0.283. The molecule has 0 bridgehead atoms. The van der Waals surface area contributed by atoms with Gasteiger partial charge < -0.3 is 0 Å². The number of hydrazine groups is 1. The summed E-state index contributed by atoms with van der Waals surface area (Å²) in [5.74, 6) is 7.42. The number of hydrogen-bond acceptors (Lipinski definition) is 4. The Kier molecular flexibility index (Phi) is 4.58. The molecule has 1 aliphatic carbocycles. The van der Waals surface area contributed by atoms with Crippen LogP contribution in [0.2, 0.25) is 0 Å². The zero-order valence-corrected chi connectivity index (χ0v) is 12.4. The molecular weight excluding hydrogens is 238 g/mol. The van der Waals surface area contributed by atoms with Gasteiger partial charge in [-0.2, -0.15) is 5.10 Å². The van der Waals surface area contributed by atoms with Crippen molar-refractivity contribution in [3.05, 3.63) is 12.2 Å². The van der Waals surface area contributed by atoms with Crippen LogP contribution in [0.1, 0.15) is 52.3 Å². The first kappa shape index (κ1) is 14.5. The topological polar surface area (TPSA) is 68.8 Å². The first-order valence-electron chi connectivity index (χ1n) is 7.38. The summed E-state index contributed by atoms with van der Waals surface area (Å²) in [7, 11) is 0. The number of hydrogen-bond donors (Lipinski definition) is 2. The van der Waals surface area contributed by atoms with Gasteiger partial charge in [0, 0.05) is 19.0 Å². The average molecular weight is 265 g/mol. The molecule has 1 aliphatic rings. The van der Waals surface area contributed by atoms with Crippen molar-refractivity contribution >= 4 is 0 Å². The van der Waals surface area contributed by atoms with Crippen LogP contribution in [0.25, 0.3) is 0 Å². The standard InChI is InChI=1S/C14H27N5/c1-11(2)9-19-13(16-10-17-19)8-12(18-15)14(3)6-4-5-7-14/h10-12,18H,4-9,15H2,1-3H3. The van der Waals surface area contributed by atoms with Gasteiger partial charge >= 0.3 is 0 Å². The van der Waals surface area contributed by atoms with Crippen molar-refractivity contribution in [1.82, 2.24) is 20.2 Å². The van der Waals surface area contributed by atoms with E-state index in [1.54, 1.807) is 6.33 Å². The van der Waals surface area contributed by atoms with E-state index in [1.165, 1.54) is 25.7 Å². The van der Waals surface area contributed by atoms with E-state index in [4.69, 9.17) is 5.84 Å². The highest BCUT2D eigenvalue weighted by Gasteiger charge is 2.37. The first-order valence-corrected chi connectivity index (χ1v) is 7.38. The Hall–Kier alpha value is -0.940. The largest absolute Gasteiger partial charge is 0.271 e. The van der Waals surface area contributed by atoms with Gasteiger partial charge in [0.1, 0.15) is 12.2 Å². The van der Waals surface area contributed by atoms with E-state index in [1.807, 2.05) is 4.68 Å². The van der Waals surface area contributed by atoms with Gasteiger partial charge in [-0.05, 0) is 24.2 Å². The van der Waals surface area contributed by atoms with Gasteiger partial charge in [0.25, 0.3) is 0 Å². The van der Waals surface area contributed by atoms with Crippen molar-refractivity contribution in [2.75, 3.05) is 0 Å². The van der Waals surface area contributed by atoms with Crippen LogP contribution >= 0.6 is 0 Å². The fourth-order valence-corrected chi connectivity index (χ4v) is 3.16. The fourth-order valence-electron chi connectivity index (χ4n) is 3.16. The second-order valence-electron chi connectivity index (χ2n) is 6.54. The third kappa shape index (κ3) is 3.34. The fraction of sp³-hybridized carbons (Fsp3) is 0.857. The monoisotopic (exact) mass is 265 g/mol. The minimum Gasteiger partial charge on any atom is -0.271 e. The van der Waals surface area contributed by atoms with E-state index >= 15 is 0 Å². The molecule has 1 atom stereocenters. The molecule has 0 amide bonds. The lowest BCUT2D eigenvalue weighted by Crippen LogP contribution is -2.47. The van der Waals surface area contributed by atoms with Gasteiger partial charge in [0.15, 0.2) is 0 Å². The van der Waals surface area contributed by atoms with E-state index in [0.29, 0.717) is 11.3 Å². The number of aromatic nitrogens is 3. The van der Waals surface area contributed by atoms with Crippen LogP contribution in [0.5, 0.6) is 0 Å². The van der Waals surface area contributed by atoms with Crippen LogP contribution in [-0.4, -0.2) is 20.8 Å². The van der Waals surface area contributed by atoms with E-state index < -0.39 is 0 Å². The second-order valence-corrected chi connectivity index (χ2v) is 6.54. The molecule has 5 nitrogen and oxygen atoms in total. The molecule has 0 spiro atoms. The lowest BCUT2D eigenvalue weighted by Gasteiger charge is -2.33. The van der Waals surface area contributed by atoms with Gasteiger partial charge in [0.2, 0.25) is 0 Å². The molecule has 1 heterocycles. The molecule has 5 heteroatoms. The van der Waals surface area contributed by atoms with Gasteiger partial charge in [-0.1, -0.05) is 33.6 Å². The maximum Gasteiger partial charge on any atom is 0.138 e. The molecule has 19 heavy (non-hydrogen) atoms. The van der Waals surface area contributed by atoms with Gasteiger partial charge in [0.05, 0.1) is 0 Å². The van der Waals surface area contributed by atoms with E-state index in [-0.39, 0.29) is 6.04 Å². The van der Waals surface area contributed by atoms with Crippen molar-refractivity contribution in [2.24, 2.45) is 17.2 Å². The van der Waals surface area contributed by atoms with Crippen LogP contribution in [0.3, 0.4) is 0 Å². The summed E-state index contributed by atoms with van der Waals surface area (Å²) in [6.45, 7) is 7.65. The quantitative estimate of drug-likeness (QED) is 0.609. The maximum atomic E-state index is 5.80. The summed E-state index contributed by atoms with van der Waals surface area (Å²) in [5, 5.41) is 4.33. The Labute approximate surface area is 115 Å². The number of rotatable bonds is 6. The lowest BCUT2D eigenvalue weighted by atomic mass is 9.79. The zero-order valence-electron chi connectivity index (χ0n) is 12.4. The third-order valence-corrected chi connectivity index (χ3v) is 4.41. The summed E-state index contributed by atoms with van der Waals surface area (Å²) in [6, 6.07) is 0.283. The summed E-state index contributed by atoms with van der Waals surface area (Å²) in [6.07, 6.45) is 7.64. The van der Waals surface area contributed by atoms with Crippen LogP contribution in [0, 0.1) is 11.3 Å². The molecule has 0 aromatic carbocycles. The summed E-state index contributed by atoms with van der Waals surface area (Å²) in [4.78, 5) is 4.42. The number of nitrogens with two attached hydrogens (primary N) is 1. The van der Waals surface area contributed by atoms with Crippen molar-refractivity contribution in [3.8, 4) is 0 Å².